The van der Waals surface area contributed by atoms with Crippen molar-refractivity contribution in [1.82, 2.24) is 4.90 Å². The number of nitrogen functional groups attached to an aromatic ring is 1. The fourth-order valence-electron chi connectivity index (χ4n) is 1.92. The van der Waals surface area contributed by atoms with Crippen LogP contribution in [0.25, 0.3) is 0 Å². The molecule has 0 aromatic heterocycles. The number of carbonyl (C=O) groups excluding carboxylic acids is 1. The van der Waals surface area contributed by atoms with Gasteiger partial charge in [-0.05, 0) is 18.2 Å². The molecule has 1 saturated heterocycles. The number of nitrogens with zero attached hydrogens (tertiary/aromatic N) is 1. The third-order valence-corrected chi connectivity index (χ3v) is 2.88. The molecule has 2 rings (SSSR count). The Kier molecular flexibility index (Phi) is 3.66. The lowest BCUT2D eigenvalue weighted by atomic mass is 10.0. The first-order valence-corrected chi connectivity index (χ1v) is 5.73. The number of carbonyl (C=O) groups is 1. The molecule has 4 nitrogen and oxygen atoms in total. The van der Waals surface area contributed by atoms with Gasteiger partial charge in [-0.1, -0.05) is 0 Å². The Morgan fingerprint density at radius 2 is 1.89 bits per heavy atom. The first kappa shape index (κ1) is 13.7. The monoisotopic (exact) mass is 274 g/mol. The summed E-state index contributed by atoms with van der Waals surface area (Å²) in [7, 11) is 0. The number of rotatable bonds is 1. The predicted molar refractivity (Wildman–Crippen MR) is 62.6 cm³/mol. The zero-order valence-electron chi connectivity index (χ0n) is 10.0. The minimum Gasteiger partial charge on any atom is -0.399 e. The van der Waals surface area contributed by atoms with E-state index >= 15 is 0 Å². The summed E-state index contributed by atoms with van der Waals surface area (Å²) in [6, 6.07) is 3.20. The predicted octanol–water partition coefficient (Wildman–Crippen LogP) is 1.76. The van der Waals surface area contributed by atoms with Crippen LogP contribution in [0.15, 0.2) is 18.2 Å². The van der Waals surface area contributed by atoms with E-state index in [4.69, 9.17) is 10.5 Å². The molecular weight excluding hydrogens is 261 g/mol. The molecule has 19 heavy (non-hydrogen) atoms. The summed E-state index contributed by atoms with van der Waals surface area (Å²) in [6.45, 7) is 1.26. The molecule has 1 aromatic rings. The second-order valence-corrected chi connectivity index (χ2v) is 4.21. The van der Waals surface area contributed by atoms with Crippen LogP contribution in [0.4, 0.5) is 18.9 Å². The van der Waals surface area contributed by atoms with Gasteiger partial charge in [0.25, 0.3) is 5.91 Å². The molecule has 0 unspecified atom stereocenters. The normalized spacial score (nSPS) is 16.5. The molecule has 1 aliphatic rings. The average molecular weight is 274 g/mol. The van der Waals surface area contributed by atoms with E-state index in [0.717, 1.165) is 12.1 Å². The maximum absolute atomic E-state index is 12.9. The van der Waals surface area contributed by atoms with E-state index in [2.05, 4.69) is 0 Å². The number of alkyl halides is 3. The van der Waals surface area contributed by atoms with Crippen LogP contribution in [0.5, 0.6) is 0 Å². The van der Waals surface area contributed by atoms with Gasteiger partial charge in [-0.2, -0.15) is 13.2 Å². The van der Waals surface area contributed by atoms with Gasteiger partial charge in [0.1, 0.15) is 0 Å². The van der Waals surface area contributed by atoms with Gasteiger partial charge in [0.05, 0.1) is 24.3 Å². The Bertz CT molecular complexity index is 482. The molecule has 1 fully saturated rings. The Morgan fingerprint density at radius 3 is 2.47 bits per heavy atom. The summed E-state index contributed by atoms with van der Waals surface area (Å²) in [6.07, 6.45) is -4.60. The average Bonchev–Trinajstić information content (AvgIpc) is 2.38. The Balaban J connectivity index is 2.35. The van der Waals surface area contributed by atoms with E-state index in [9.17, 15) is 18.0 Å². The third kappa shape index (κ3) is 2.98. The van der Waals surface area contributed by atoms with E-state index in [1.807, 2.05) is 0 Å². The van der Waals surface area contributed by atoms with Crippen molar-refractivity contribution in [3.63, 3.8) is 0 Å². The van der Waals surface area contributed by atoms with Gasteiger partial charge in [0.15, 0.2) is 0 Å². The van der Waals surface area contributed by atoms with Crippen LogP contribution in [0.3, 0.4) is 0 Å². The summed E-state index contributed by atoms with van der Waals surface area (Å²) < 4.78 is 43.8. The van der Waals surface area contributed by atoms with Crippen molar-refractivity contribution in [2.24, 2.45) is 0 Å². The van der Waals surface area contributed by atoms with E-state index in [0.29, 0.717) is 26.3 Å². The van der Waals surface area contributed by atoms with E-state index < -0.39 is 17.6 Å². The molecule has 2 N–H and O–H groups in total. The summed E-state index contributed by atoms with van der Waals surface area (Å²) in [5, 5.41) is 0. The second-order valence-electron chi connectivity index (χ2n) is 4.21. The molecule has 0 saturated carbocycles. The number of anilines is 1. The summed E-state index contributed by atoms with van der Waals surface area (Å²) in [5.41, 5.74) is 3.97. The lowest BCUT2D eigenvalue weighted by Crippen LogP contribution is -2.41. The Hall–Kier alpha value is -1.76. The van der Waals surface area contributed by atoms with Crippen molar-refractivity contribution < 1.29 is 22.7 Å². The number of hydrogen-bond donors (Lipinski definition) is 1. The molecule has 7 heteroatoms. The topological polar surface area (TPSA) is 55.6 Å². The molecule has 1 aliphatic heterocycles. The Morgan fingerprint density at radius 1 is 1.26 bits per heavy atom. The highest BCUT2D eigenvalue weighted by atomic mass is 19.4. The molecule has 104 valence electrons. The lowest BCUT2D eigenvalue weighted by Gasteiger charge is -2.27. The molecule has 0 spiro atoms. The van der Waals surface area contributed by atoms with Crippen molar-refractivity contribution in [3.05, 3.63) is 29.3 Å². The van der Waals surface area contributed by atoms with Crippen LogP contribution in [0, 0.1) is 0 Å². The molecule has 0 atom stereocenters. The standard InChI is InChI=1S/C12H13F3N2O2/c13-12(14,15)10-7-8(16)1-2-9(10)11(18)17-3-5-19-6-4-17/h1-2,7H,3-6,16H2. The fourth-order valence-corrected chi connectivity index (χ4v) is 1.92. The Labute approximate surface area is 107 Å². The number of hydrogen-bond acceptors (Lipinski definition) is 3. The maximum atomic E-state index is 12.9. The van der Waals surface area contributed by atoms with Crippen molar-refractivity contribution in [2.75, 3.05) is 32.0 Å². The van der Waals surface area contributed by atoms with Crippen LogP contribution in [-0.2, 0) is 10.9 Å². The number of amides is 1. The van der Waals surface area contributed by atoms with Gasteiger partial charge >= 0.3 is 6.18 Å². The van der Waals surface area contributed by atoms with Gasteiger partial charge in [0.2, 0.25) is 0 Å². The number of halogens is 3. The third-order valence-electron chi connectivity index (χ3n) is 2.88. The molecule has 0 bridgehead atoms. The zero-order chi connectivity index (χ0) is 14.0. The van der Waals surface area contributed by atoms with E-state index in [1.54, 1.807) is 0 Å². The summed E-state index contributed by atoms with van der Waals surface area (Å²) in [4.78, 5) is 13.5. The van der Waals surface area contributed by atoms with Gasteiger partial charge in [-0.15, -0.1) is 0 Å². The number of ether oxygens (including phenoxy) is 1. The van der Waals surface area contributed by atoms with Crippen LogP contribution in [0.2, 0.25) is 0 Å². The largest absolute Gasteiger partial charge is 0.417 e. The minimum absolute atomic E-state index is 0.0224. The first-order valence-electron chi connectivity index (χ1n) is 5.73. The van der Waals surface area contributed by atoms with Crippen molar-refractivity contribution in [1.29, 1.82) is 0 Å². The molecule has 0 aliphatic carbocycles. The molecule has 0 radical (unpaired) electrons. The second kappa shape index (κ2) is 5.08. The molecule has 1 amide bonds. The van der Waals surface area contributed by atoms with Gasteiger partial charge in [-0.3, -0.25) is 4.79 Å². The van der Waals surface area contributed by atoms with E-state index in [1.165, 1.54) is 11.0 Å². The van der Waals surface area contributed by atoms with Gasteiger partial charge < -0.3 is 15.4 Å². The van der Waals surface area contributed by atoms with Crippen LogP contribution in [0.1, 0.15) is 15.9 Å². The van der Waals surface area contributed by atoms with Crippen molar-refractivity contribution >= 4 is 11.6 Å². The smallest absolute Gasteiger partial charge is 0.399 e. The van der Waals surface area contributed by atoms with Crippen molar-refractivity contribution in [2.45, 2.75) is 6.18 Å². The number of nitrogens with two attached hydrogens (primary N) is 1. The molecule has 1 aromatic carbocycles. The van der Waals surface area contributed by atoms with Gasteiger partial charge in [0, 0.05) is 18.8 Å². The summed E-state index contributed by atoms with van der Waals surface area (Å²) >= 11 is 0. The van der Waals surface area contributed by atoms with Gasteiger partial charge in [-0.25, -0.2) is 0 Å². The first-order chi connectivity index (χ1) is 8.89. The highest BCUT2D eigenvalue weighted by Gasteiger charge is 2.36. The van der Waals surface area contributed by atoms with Crippen LogP contribution >= 0.6 is 0 Å². The number of benzene rings is 1. The quantitative estimate of drug-likeness (QED) is 0.794. The maximum Gasteiger partial charge on any atom is 0.417 e. The SMILES string of the molecule is Nc1ccc(C(=O)N2CCOCC2)c(C(F)(F)F)c1. The molecular formula is C12H13F3N2O2. The highest BCUT2D eigenvalue weighted by molar-refractivity contribution is 5.96. The molecule has 1 heterocycles. The lowest BCUT2D eigenvalue weighted by molar-refractivity contribution is -0.138. The minimum atomic E-state index is -4.60. The van der Waals surface area contributed by atoms with Crippen molar-refractivity contribution in [3.8, 4) is 0 Å². The highest BCUT2D eigenvalue weighted by Crippen LogP contribution is 2.33. The number of morpholine rings is 1. The van der Waals surface area contributed by atoms with Crippen LogP contribution in [-0.4, -0.2) is 37.1 Å². The van der Waals surface area contributed by atoms with E-state index in [-0.39, 0.29) is 11.3 Å². The zero-order valence-corrected chi connectivity index (χ0v) is 10.0. The summed E-state index contributed by atoms with van der Waals surface area (Å²) in [5.74, 6) is -0.643. The fraction of sp³-hybridized carbons (Fsp3) is 0.417. The van der Waals surface area contributed by atoms with Crippen LogP contribution < -0.4 is 5.73 Å².